The van der Waals surface area contributed by atoms with E-state index in [1.54, 1.807) is 0 Å². The van der Waals surface area contributed by atoms with Gasteiger partial charge in [-0.15, -0.1) is 0 Å². The van der Waals surface area contributed by atoms with Crippen LogP contribution >= 0.6 is 0 Å². The smallest absolute Gasteiger partial charge is 0.320 e. The summed E-state index contributed by atoms with van der Waals surface area (Å²) in [6, 6.07) is 54.9. The lowest BCUT2D eigenvalue weighted by molar-refractivity contribution is 1.07. The highest BCUT2D eigenvalue weighted by molar-refractivity contribution is 6.84. The van der Waals surface area contributed by atoms with Crippen LogP contribution in [0.5, 0.6) is 0 Å². The van der Waals surface area contributed by atoms with Crippen molar-refractivity contribution in [2.75, 3.05) is 4.81 Å². The fourth-order valence-corrected chi connectivity index (χ4v) is 6.75. The predicted octanol–water partition coefficient (Wildman–Crippen LogP) is 9.38. The molecule has 6 aromatic carbocycles. The topological polar surface area (TPSA) is 41.9 Å². The molecule has 3 heterocycles. The molecule has 0 spiro atoms. The molecule has 48 heavy (non-hydrogen) atoms. The van der Waals surface area contributed by atoms with Gasteiger partial charge >= 0.3 is 6.85 Å². The van der Waals surface area contributed by atoms with E-state index in [-0.39, 0.29) is 6.85 Å². The summed E-state index contributed by atoms with van der Waals surface area (Å²) in [7, 11) is 0. The van der Waals surface area contributed by atoms with Crippen molar-refractivity contribution < 1.29 is 0 Å². The van der Waals surface area contributed by atoms with Crippen molar-refractivity contribution in [3.05, 3.63) is 182 Å². The molecule has 0 amide bonds. The summed E-state index contributed by atoms with van der Waals surface area (Å²) < 4.78 is 0. The zero-order valence-electron chi connectivity index (χ0n) is 26.1. The van der Waals surface area contributed by atoms with Crippen molar-refractivity contribution in [2.45, 2.75) is 0 Å². The van der Waals surface area contributed by atoms with E-state index in [0.717, 1.165) is 16.7 Å². The zero-order valence-corrected chi connectivity index (χ0v) is 26.1. The predicted molar refractivity (Wildman–Crippen MR) is 198 cm³/mol. The molecule has 5 heteroatoms. The van der Waals surface area contributed by atoms with E-state index >= 15 is 0 Å². The fraction of sp³-hybridized carbons (Fsp3) is 0. The number of anilines is 1. The minimum absolute atomic E-state index is 0.00922. The molecular weight excluding hydrogens is 583 g/mol. The number of fused-ring (bicyclic) bond motifs is 6. The van der Waals surface area contributed by atoms with Crippen LogP contribution in [0, 0.1) is 0 Å². The van der Waals surface area contributed by atoms with Gasteiger partial charge < -0.3 is 4.81 Å². The van der Waals surface area contributed by atoms with Gasteiger partial charge in [0.05, 0.1) is 0 Å². The second-order valence-corrected chi connectivity index (χ2v) is 12.1. The van der Waals surface area contributed by atoms with E-state index < -0.39 is 0 Å². The monoisotopic (exact) mass is 612 g/mol. The summed E-state index contributed by atoms with van der Waals surface area (Å²) in [6.07, 6.45) is 4.55. The highest BCUT2D eigenvalue weighted by atomic mass is 15.1. The third-order valence-corrected chi connectivity index (χ3v) is 9.14. The molecule has 2 aliphatic rings. The van der Waals surface area contributed by atoms with Gasteiger partial charge in [-0.05, 0) is 45.6 Å². The van der Waals surface area contributed by atoms with E-state index in [4.69, 9.17) is 15.0 Å². The van der Waals surface area contributed by atoms with Crippen LogP contribution in [0.3, 0.4) is 0 Å². The number of nitrogens with zero attached hydrogens (tertiary/aromatic N) is 4. The maximum atomic E-state index is 5.03. The number of aromatic nitrogens is 3. The average Bonchev–Trinajstić information content (AvgIpc) is 3.18. The number of hydrogen-bond donors (Lipinski definition) is 0. The molecule has 0 radical (unpaired) electrons. The SMILES string of the molecule is C1=CC(c2ccccc2)=CN2B1c1cc(-c3nc(-c4ccccc4)nc(-c4ccccc4)n3)ccc1-c1ccc(-c3ccccc3)cc12. The molecular formula is C43H29BN4. The molecule has 0 atom stereocenters. The second-order valence-electron chi connectivity index (χ2n) is 12.1. The fourth-order valence-electron chi connectivity index (χ4n) is 6.75. The lowest BCUT2D eigenvalue weighted by atomic mass is 9.49. The Balaban J connectivity index is 1.21. The third-order valence-electron chi connectivity index (χ3n) is 9.14. The van der Waals surface area contributed by atoms with Gasteiger partial charge in [0.25, 0.3) is 0 Å². The molecule has 224 valence electrons. The van der Waals surface area contributed by atoms with Crippen molar-refractivity contribution >= 4 is 23.6 Å². The van der Waals surface area contributed by atoms with E-state index in [2.05, 4.69) is 120 Å². The van der Waals surface area contributed by atoms with Gasteiger partial charge in [0.2, 0.25) is 0 Å². The Kier molecular flexibility index (Phi) is 6.87. The second kappa shape index (κ2) is 11.8. The summed E-state index contributed by atoms with van der Waals surface area (Å²) in [5.41, 5.74) is 12.5. The normalized spacial score (nSPS) is 13.0. The van der Waals surface area contributed by atoms with E-state index in [9.17, 15) is 0 Å². The maximum absolute atomic E-state index is 5.03. The minimum atomic E-state index is 0.00922. The molecule has 4 nitrogen and oxygen atoms in total. The van der Waals surface area contributed by atoms with Crippen molar-refractivity contribution in [3.8, 4) is 56.4 Å². The van der Waals surface area contributed by atoms with Crippen LogP contribution in [0.15, 0.2) is 176 Å². The molecule has 7 aromatic rings. The Hall–Kier alpha value is -6.33. The van der Waals surface area contributed by atoms with Gasteiger partial charge in [0.1, 0.15) is 0 Å². The van der Waals surface area contributed by atoms with Crippen LogP contribution in [-0.4, -0.2) is 21.8 Å². The van der Waals surface area contributed by atoms with Gasteiger partial charge in [-0.3, -0.25) is 0 Å². The lowest BCUT2D eigenvalue weighted by Gasteiger charge is -2.37. The Morgan fingerprint density at radius 2 is 0.917 bits per heavy atom. The lowest BCUT2D eigenvalue weighted by Crippen LogP contribution is -2.49. The van der Waals surface area contributed by atoms with Crippen molar-refractivity contribution in [1.29, 1.82) is 0 Å². The number of benzene rings is 6. The Bertz CT molecular complexity index is 2280. The van der Waals surface area contributed by atoms with Crippen molar-refractivity contribution in [3.63, 3.8) is 0 Å². The summed E-state index contributed by atoms with van der Waals surface area (Å²) in [4.78, 5) is 17.4. The van der Waals surface area contributed by atoms with E-state index in [0.29, 0.717) is 17.5 Å². The van der Waals surface area contributed by atoms with Crippen LogP contribution in [0.1, 0.15) is 5.56 Å². The van der Waals surface area contributed by atoms with Gasteiger partial charge in [0, 0.05) is 27.9 Å². The molecule has 0 fully saturated rings. The Labute approximate surface area is 280 Å². The van der Waals surface area contributed by atoms with E-state index in [1.807, 2.05) is 60.7 Å². The molecule has 1 aromatic heterocycles. The molecule has 0 saturated carbocycles. The van der Waals surface area contributed by atoms with Gasteiger partial charge in [-0.25, -0.2) is 15.0 Å². The summed E-state index contributed by atoms with van der Waals surface area (Å²) in [5.74, 6) is 4.29. The quantitative estimate of drug-likeness (QED) is 0.182. The van der Waals surface area contributed by atoms with Crippen LogP contribution in [0.4, 0.5) is 5.69 Å². The van der Waals surface area contributed by atoms with Crippen LogP contribution in [-0.2, 0) is 0 Å². The maximum Gasteiger partial charge on any atom is 0.320 e. The average molecular weight is 613 g/mol. The van der Waals surface area contributed by atoms with Gasteiger partial charge in [-0.2, -0.15) is 0 Å². The molecule has 0 unspecified atom stereocenters. The molecule has 2 aliphatic heterocycles. The van der Waals surface area contributed by atoms with Gasteiger partial charge in [0.15, 0.2) is 17.5 Å². The molecule has 0 N–H and O–H groups in total. The first-order valence-electron chi connectivity index (χ1n) is 16.2. The Morgan fingerprint density at radius 3 is 1.52 bits per heavy atom. The molecule has 9 rings (SSSR count). The summed E-state index contributed by atoms with van der Waals surface area (Å²) in [6.45, 7) is 0.00922. The first-order chi connectivity index (χ1) is 23.8. The Morgan fingerprint density at radius 1 is 0.417 bits per heavy atom. The van der Waals surface area contributed by atoms with Crippen molar-refractivity contribution in [1.82, 2.24) is 15.0 Å². The highest BCUT2D eigenvalue weighted by Crippen LogP contribution is 2.41. The van der Waals surface area contributed by atoms with Crippen LogP contribution in [0.2, 0.25) is 0 Å². The van der Waals surface area contributed by atoms with Crippen LogP contribution in [0.25, 0.3) is 62.0 Å². The molecule has 0 bridgehead atoms. The molecule has 0 aliphatic carbocycles. The summed E-state index contributed by atoms with van der Waals surface area (Å²) in [5, 5.41) is 0. The standard InChI is InChI=1S/C43H29BN4/c1-5-13-30(14-6-1)34-21-24-38-37-23-22-35(27-39(37)44-26-25-36(29-48(44)40(38)28-34)31-15-7-2-8-16-31)43-46-41(32-17-9-3-10-18-32)45-42(47-43)33-19-11-4-12-20-33/h1-29H. The zero-order chi connectivity index (χ0) is 31.9. The van der Waals surface area contributed by atoms with Crippen LogP contribution < -0.4 is 10.3 Å². The van der Waals surface area contributed by atoms with Crippen molar-refractivity contribution in [2.24, 2.45) is 0 Å². The number of allylic oxidation sites excluding steroid dienone is 2. The summed E-state index contributed by atoms with van der Waals surface area (Å²) >= 11 is 0. The van der Waals surface area contributed by atoms with Gasteiger partial charge in [-0.1, -0.05) is 164 Å². The largest absolute Gasteiger partial charge is 0.382 e. The first kappa shape index (κ1) is 27.9. The number of hydrogen-bond acceptors (Lipinski definition) is 4. The minimum Gasteiger partial charge on any atom is -0.382 e. The third kappa shape index (κ3) is 5.02. The number of rotatable bonds is 5. The first-order valence-corrected chi connectivity index (χ1v) is 16.2. The van der Waals surface area contributed by atoms with E-state index in [1.165, 1.54) is 44.5 Å². The highest BCUT2D eigenvalue weighted by Gasteiger charge is 2.35. The molecule has 0 saturated heterocycles.